The van der Waals surface area contributed by atoms with Crippen molar-refractivity contribution in [3.63, 3.8) is 0 Å². The topological polar surface area (TPSA) is 18.5 Å². The van der Waals surface area contributed by atoms with Gasteiger partial charge in [0, 0.05) is 38.0 Å². The molecule has 2 aromatic rings. The van der Waals surface area contributed by atoms with E-state index in [0.717, 1.165) is 26.1 Å². The minimum atomic E-state index is -0.0152. The number of benzene rings is 2. The van der Waals surface area contributed by atoms with Gasteiger partial charge in [-0.15, -0.1) is 0 Å². The summed E-state index contributed by atoms with van der Waals surface area (Å²) in [5, 5.41) is 2.99. The van der Waals surface area contributed by atoms with Crippen molar-refractivity contribution in [2.24, 2.45) is 0 Å². The van der Waals surface area contributed by atoms with E-state index >= 15 is 0 Å². The Morgan fingerprint density at radius 3 is 0.932 bits per heavy atom. The fraction of sp³-hybridized carbons (Fsp3) is 0.700. The Balaban J connectivity index is 3.13. The summed E-state index contributed by atoms with van der Waals surface area (Å²) in [5.41, 5.74) is 8.90. The van der Waals surface area contributed by atoms with Crippen LogP contribution in [0.4, 0.5) is 0 Å². The molecule has 0 fully saturated rings. The van der Waals surface area contributed by atoms with Crippen LogP contribution in [0.25, 0.3) is 0 Å². The Morgan fingerprint density at radius 2 is 0.705 bits per heavy atom. The Bertz CT molecular complexity index is 1200. The van der Waals surface area contributed by atoms with Gasteiger partial charge < -0.3 is 9.47 Å². The van der Waals surface area contributed by atoms with Crippen LogP contribution in [-0.2, 0) is 42.0 Å². The van der Waals surface area contributed by atoms with Crippen molar-refractivity contribution in [3.05, 3.63) is 57.6 Å². The van der Waals surface area contributed by atoms with Crippen LogP contribution in [0.5, 0.6) is 0 Å². The molecule has 0 aromatic heterocycles. The van der Waals surface area contributed by atoms with Crippen molar-refractivity contribution in [2.75, 3.05) is 27.4 Å². The van der Waals surface area contributed by atoms with Crippen LogP contribution < -0.4 is 10.6 Å². The lowest BCUT2D eigenvalue weighted by Crippen LogP contribution is -2.32. The van der Waals surface area contributed by atoms with E-state index < -0.39 is 0 Å². The lowest BCUT2D eigenvalue weighted by atomic mass is 9.74. The molecule has 2 nitrogen and oxygen atoms in total. The third-order valence-electron chi connectivity index (χ3n) is 9.14. The van der Waals surface area contributed by atoms with E-state index in [0.29, 0.717) is 0 Å². The van der Waals surface area contributed by atoms with Gasteiger partial charge in [0.1, 0.15) is 0 Å². The molecule has 0 aliphatic carbocycles. The van der Waals surface area contributed by atoms with Crippen LogP contribution in [0.15, 0.2) is 24.3 Å². The molecule has 44 heavy (non-hydrogen) atoms. The van der Waals surface area contributed by atoms with Gasteiger partial charge in [0.05, 0.1) is 0 Å². The minimum Gasteiger partial charge on any atom is -0.385 e. The summed E-state index contributed by atoms with van der Waals surface area (Å²) < 4.78 is 11.3. The molecule has 0 aliphatic rings. The SMILES string of the molecule is COCCC(C)(C)c1cc(C(C)(C)C)cc(C(C)(C)C)c1P=Pc1c(C(C)(C)C)cc(C(C)(C)C)cc1C(C)(C)CCOC. The normalized spacial score (nSPS) is 14.1. The zero-order valence-corrected chi connectivity index (χ0v) is 33.6. The Kier molecular flexibility index (Phi) is 12.4. The summed E-state index contributed by atoms with van der Waals surface area (Å²) in [6.07, 6.45) is 1.98. The lowest BCUT2D eigenvalue weighted by molar-refractivity contribution is 0.174. The number of methoxy groups -OCH3 is 2. The van der Waals surface area contributed by atoms with Gasteiger partial charge in [-0.3, -0.25) is 0 Å². The minimum absolute atomic E-state index is 0.0152. The first kappa shape index (κ1) is 39.1. The maximum Gasteiger partial charge on any atom is 0.0470 e. The van der Waals surface area contributed by atoms with Crippen LogP contribution in [0.3, 0.4) is 0 Å². The number of hydrogen-bond acceptors (Lipinski definition) is 2. The fourth-order valence-corrected chi connectivity index (χ4v) is 9.67. The zero-order chi connectivity index (χ0) is 34.1. The lowest BCUT2D eigenvalue weighted by Gasteiger charge is -2.35. The molecule has 0 spiro atoms. The van der Waals surface area contributed by atoms with E-state index in [9.17, 15) is 0 Å². The highest BCUT2D eigenvalue weighted by atomic mass is 31.7. The molecule has 0 amide bonds. The molecule has 2 rings (SSSR count). The molecule has 0 saturated heterocycles. The van der Waals surface area contributed by atoms with Gasteiger partial charge in [-0.05, 0) is 94.4 Å². The van der Waals surface area contributed by atoms with E-state index in [-0.39, 0.29) is 32.5 Å². The molecular formula is C40H66O2P2. The second-order valence-electron chi connectivity index (χ2n) is 18.3. The number of rotatable bonds is 10. The molecule has 0 saturated carbocycles. The Morgan fingerprint density at radius 1 is 0.432 bits per heavy atom. The third kappa shape index (κ3) is 9.74. The van der Waals surface area contributed by atoms with Crippen molar-refractivity contribution in [1.82, 2.24) is 0 Å². The van der Waals surface area contributed by atoms with Crippen molar-refractivity contribution < 1.29 is 9.47 Å². The largest absolute Gasteiger partial charge is 0.385 e. The van der Waals surface area contributed by atoms with Gasteiger partial charge in [-0.1, -0.05) is 135 Å². The second kappa shape index (κ2) is 14.0. The summed E-state index contributed by atoms with van der Waals surface area (Å²) in [6, 6.07) is 10.1. The van der Waals surface area contributed by atoms with Gasteiger partial charge >= 0.3 is 0 Å². The summed E-state index contributed by atoms with van der Waals surface area (Å²) in [5.74, 6) is 0. The highest BCUT2D eigenvalue weighted by Gasteiger charge is 2.33. The van der Waals surface area contributed by atoms with E-state index in [1.807, 2.05) is 14.2 Å². The van der Waals surface area contributed by atoms with Crippen LogP contribution in [0, 0.1) is 0 Å². The van der Waals surface area contributed by atoms with Gasteiger partial charge in [0.15, 0.2) is 0 Å². The molecule has 0 aliphatic heterocycles. The molecule has 0 atom stereocenters. The predicted molar refractivity (Wildman–Crippen MR) is 200 cm³/mol. The number of ether oxygens (including phenoxy) is 2. The molecule has 248 valence electrons. The van der Waals surface area contributed by atoms with E-state index in [2.05, 4.69) is 135 Å². The standard InChI is InChI=1S/C40H66O2P2/c1-35(2,3)27-23-29(37(7,8)9)33(31(25-27)39(13,14)19-21-41-17)43-44-34-30(38(10,11)12)24-28(36(4,5)6)26-32(34)40(15,16)20-22-42-18/h23-26H,19-22H2,1-18H3. The monoisotopic (exact) mass is 640 g/mol. The molecule has 0 bridgehead atoms. The molecule has 0 radical (unpaired) electrons. The average Bonchev–Trinajstić information content (AvgIpc) is 2.86. The molecular weight excluding hydrogens is 574 g/mol. The van der Waals surface area contributed by atoms with E-state index in [4.69, 9.17) is 9.47 Å². The first-order chi connectivity index (χ1) is 19.8. The molecule has 0 unspecified atom stereocenters. The summed E-state index contributed by atoms with van der Waals surface area (Å²) >= 11 is 0. The fourth-order valence-electron chi connectivity index (χ4n) is 5.61. The van der Waals surface area contributed by atoms with Crippen LogP contribution in [-0.4, -0.2) is 27.4 Å². The van der Waals surface area contributed by atoms with Crippen molar-refractivity contribution in [3.8, 4) is 0 Å². The maximum atomic E-state index is 5.63. The molecule has 2 aromatic carbocycles. The summed E-state index contributed by atoms with van der Waals surface area (Å²) in [7, 11) is 6.32. The third-order valence-corrected chi connectivity index (χ3v) is 12.1. The first-order valence-corrected chi connectivity index (χ1v) is 19.1. The van der Waals surface area contributed by atoms with Crippen LogP contribution >= 0.6 is 15.7 Å². The van der Waals surface area contributed by atoms with Gasteiger partial charge in [-0.2, -0.15) is 0 Å². The molecule has 4 heteroatoms. The Hall–Kier alpha value is -1.04. The van der Waals surface area contributed by atoms with Crippen molar-refractivity contribution in [1.29, 1.82) is 0 Å². The van der Waals surface area contributed by atoms with Crippen LogP contribution in [0.2, 0.25) is 0 Å². The summed E-state index contributed by atoms with van der Waals surface area (Å²) in [6.45, 7) is 39.5. The maximum absolute atomic E-state index is 5.63. The highest BCUT2D eigenvalue weighted by molar-refractivity contribution is 7.91. The molecule has 0 N–H and O–H groups in total. The zero-order valence-electron chi connectivity index (χ0n) is 31.8. The van der Waals surface area contributed by atoms with Crippen molar-refractivity contribution in [2.45, 2.75) is 156 Å². The number of hydrogen-bond donors (Lipinski definition) is 0. The van der Waals surface area contributed by atoms with Gasteiger partial charge in [0.2, 0.25) is 0 Å². The predicted octanol–water partition coefficient (Wildman–Crippen LogP) is 11.3. The van der Waals surface area contributed by atoms with E-state index in [1.165, 1.54) is 59.7 Å². The second-order valence-corrected chi connectivity index (χ2v) is 20.8. The average molecular weight is 641 g/mol. The Labute approximate surface area is 276 Å². The molecule has 0 heterocycles. The summed E-state index contributed by atoms with van der Waals surface area (Å²) in [4.78, 5) is 0. The highest BCUT2D eigenvalue weighted by Crippen LogP contribution is 2.41. The van der Waals surface area contributed by atoms with Gasteiger partial charge in [-0.25, -0.2) is 0 Å². The smallest absolute Gasteiger partial charge is 0.0470 e. The van der Waals surface area contributed by atoms with E-state index in [1.54, 1.807) is 0 Å². The van der Waals surface area contributed by atoms with Crippen LogP contribution in [0.1, 0.15) is 157 Å². The first-order valence-electron chi connectivity index (χ1n) is 16.6. The quantitative estimate of drug-likeness (QED) is 0.241. The van der Waals surface area contributed by atoms with Gasteiger partial charge in [0.25, 0.3) is 0 Å². The van der Waals surface area contributed by atoms with Crippen molar-refractivity contribution >= 4 is 26.3 Å².